The number of carbonyl (C=O) groups excluding carboxylic acids is 1. The van der Waals surface area contributed by atoms with E-state index in [1.807, 2.05) is 0 Å². The van der Waals surface area contributed by atoms with Gasteiger partial charge in [0.05, 0.1) is 5.69 Å². The second kappa shape index (κ2) is 9.34. The lowest BCUT2D eigenvalue weighted by atomic mass is 10.0. The molecule has 1 aliphatic heterocycles. The highest BCUT2D eigenvalue weighted by molar-refractivity contribution is 6.31. The summed E-state index contributed by atoms with van der Waals surface area (Å²) in [7, 11) is 0. The molecule has 24 heavy (non-hydrogen) atoms. The van der Waals surface area contributed by atoms with Gasteiger partial charge in [-0.15, -0.1) is 12.4 Å². The van der Waals surface area contributed by atoms with Gasteiger partial charge in [-0.2, -0.15) is 13.2 Å². The van der Waals surface area contributed by atoms with E-state index in [2.05, 4.69) is 10.6 Å². The summed E-state index contributed by atoms with van der Waals surface area (Å²) >= 11 is 5.83. The molecule has 0 radical (unpaired) electrons. The van der Waals surface area contributed by atoms with Crippen LogP contribution < -0.4 is 15.4 Å². The third-order valence-corrected chi connectivity index (χ3v) is 3.78. The first-order valence-corrected chi connectivity index (χ1v) is 7.71. The Kier molecular flexibility index (Phi) is 8.12. The van der Waals surface area contributed by atoms with Crippen molar-refractivity contribution in [1.29, 1.82) is 0 Å². The van der Waals surface area contributed by atoms with Crippen molar-refractivity contribution >= 4 is 35.6 Å². The third kappa shape index (κ3) is 7.15. The largest absolute Gasteiger partial charge is 0.482 e. The molecule has 1 heterocycles. The maximum Gasteiger partial charge on any atom is 0.422 e. The number of amides is 1. The summed E-state index contributed by atoms with van der Waals surface area (Å²) in [6.07, 6.45) is -2.38. The zero-order chi connectivity index (χ0) is 16.9. The quantitative estimate of drug-likeness (QED) is 0.775. The number of halogens is 5. The van der Waals surface area contributed by atoms with Crippen LogP contribution >= 0.6 is 24.0 Å². The third-order valence-electron chi connectivity index (χ3n) is 3.55. The molecule has 1 fully saturated rings. The second-order valence-corrected chi connectivity index (χ2v) is 5.93. The zero-order valence-electron chi connectivity index (χ0n) is 12.8. The van der Waals surface area contributed by atoms with Crippen LogP contribution in [0.1, 0.15) is 19.3 Å². The number of hydrogen-bond acceptors (Lipinski definition) is 3. The maximum atomic E-state index is 12.3. The highest BCUT2D eigenvalue weighted by Crippen LogP contribution is 2.30. The Labute approximate surface area is 149 Å². The number of alkyl halides is 3. The first-order valence-electron chi connectivity index (χ1n) is 7.33. The molecule has 0 spiro atoms. The number of carbonyl (C=O) groups is 1. The first kappa shape index (κ1) is 20.9. The van der Waals surface area contributed by atoms with Crippen molar-refractivity contribution in [2.45, 2.75) is 25.4 Å². The average molecular weight is 387 g/mol. The van der Waals surface area contributed by atoms with Crippen LogP contribution in [0.15, 0.2) is 18.2 Å². The van der Waals surface area contributed by atoms with Crippen LogP contribution in [0.5, 0.6) is 5.75 Å². The molecule has 1 unspecified atom stereocenters. The normalized spacial score (nSPS) is 17.2. The summed E-state index contributed by atoms with van der Waals surface area (Å²) in [5, 5.41) is 6.10. The molecule has 1 saturated heterocycles. The van der Waals surface area contributed by atoms with Crippen LogP contribution in [0.4, 0.5) is 18.9 Å². The Bertz CT molecular complexity index is 550. The van der Waals surface area contributed by atoms with Gasteiger partial charge in [-0.25, -0.2) is 0 Å². The molecule has 0 aromatic heterocycles. The van der Waals surface area contributed by atoms with Gasteiger partial charge in [-0.05, 0) is 50.0 Å². The van der Waals surface area contributed by atoms with Crippen molar-refractivity contribution in [1.82, 2.24) is 5.32 Å². The zero-order valence-corrected chi connectivity index (χ0v) is 14.4. The maximum absolute atomic E-state index is 12.3. The Morgan fingerprint density at radius 3 is 2.79 bits per heavy atom. The van der Waals surface area contributed by atoms with E-state index in [0.29, 0.717) is 17.4 Å². The van der Waals surface area contributed by atoms with Crippen LogP contribution in [0.3, 0.4) is 0 Å². The van der Waals surface area contributed by atoms with E-state index in [4.69, 9.17) is 16.3 Å². The number of rotatable bonds is 6. The Morgan fingerprint density at radius 1 is 1.42 bits per heavy atom. The van der Waals surface area contributed by atoms with Gasteiger partial charge < -0.3 is 15.4 Å². The van der Waals surface area contributed by atoms with Crippen molar-refractivity contribution in [3.63, 3.8) is 0 Å². The van der Waals surface area contributed by atoms with E-state index >= 15 is 0 Å². The fourth-order valence-corrected chi connectivity index (χ4v) is 2.57. The number of nitrogens with one attached hydrogen (secondary N) is 2. The molecule has 4 nitrogen and oxygen atoms in total. The second-order valence-electron chi connectivity index (χ2n) is 5.49. The van der Waals surface area contributed by atoms with Crippen LogP contribution in [0.2, 0.25) is 5.02 Å². The summed E-state index contributed by atoms with van der Waals surface area (Å²) in [6.45, 7) is 0.422. The molecule has 9 heteroatoms. The first-order chi connectivity index (χ1) is 10.8. The Balaban J connectivity index is 0.00000288. The lowest BCUT2D eigenvalue weighted by Crippen LogP contribution is -2.20. The topological polar surface area (TPSA) is 50.4 Å². The molecule has 1 amide bonds. The minimum Gasteiger partial charge on any atom is -0.482 e. The van der Waals surface area contributed by atoms with Crippen molar-refractivity contribution in [3.8, 4) is 5.75 Å². The van der Waals surface area contributed by atoms with E-state index in [9.17, 15) is 18.0 Å². The SMILES string of the molecule is Cl.O=C(CCC1CCNC1)Nc1cc(Cl)ccc1OCC(F)(F)F. The van der Waals surface area contributed by atoms with Crippen LogP contribution in [-0.4, -0.2) is 31.8 Å². The fourth-order valence-electron chi connectivity index (χ4n) is 2.39. The van der Waals surface area contributed by atoms with E-state index in [-0.39, 0.29) is 29.8 Å². The summed E-state index contributed by atoms with van der Waals surface area (Å²) < 4.78 is 41.5. The molecule has 0 saturated carbocycles. The fraction of sp³-hybridized carbons (Fsp3) is 0.533. The van der Waals surface area contributed by atoms with Gasteiger partial charge in [0.1, 0.15) is 5.75 Å². The van der Waals surface area contributed by atoms with Gasteiger partial charge in [-0.3, -0.25) is 4.79 Å². The molecule has 0 bridgehead atoms. The van der Waals surface area contributed by atoms with Crippen molar-refractivity contribution in [2.75, 3.05) is 25.0 Å². The van der Waals surface area contributed by atoms with Gasteiger partial charge in [0.15, 0.2) is 6.61 Å². The van der Waals surface area contributed by atoms with Gasteiger partial charge in [-0.1, -0.05) is 11.6 Å². The van der Waals surface area contributed by atoms with E-state index < -0.39 is 12.8 Å². The van der Waals surface area contributed by atoms with Crippen LogP contribution in [-0.2, 0) is 4.79 Å². The summed E-state index contributed by atoms with van der Waals surface area (Å²) in [5.41, 5.74) is 0.149. The minimum atomic E-state index is -4.45. The number of hydrogen-bond donors (Lipinski definition) is 2. The molecular weight excluding hydrogens is 368 g/mol. The molecule has 1 aromatic rings. The molecule has 2 rings (SSSR count). The number of ether oxygens (including phenoxy) is 1. The van der Waals surface area contributed by atoms with Gasteiger partial charge in [0, 0.05) is 11.4 Å². The van der Waals surface area contributed by atoms with Crippen molar-refractivity contribution in [3.05, 3.63) is 23.2 Å². The molecule has 1 aliphatic rings. The molecule has 1 atom stereocenters. The highest BCUT2D eigenvalue weighted by Gasteiger charge is 2.29. The molecule has 1 aromatic carbocycles. The lowest BCUT2D eigenvalue weighted by molar-refractivity contribution is -0.153. The van der Waals surface area contributed by atoms with E-state index in [1.165, 1.54) is 18.2 Å². The average Bonchev–Trinajstić information content (AvgIpc) is 2.96. The van der Waals surface area contributed by atoms with Gasteiger partial charge >= 0.3 is 6.18 Å². The summed E-state index contributed by atoms with van der Waals surface area (Å²) in [4.78, 5) is 12.0. The Morgan fingerprint density at radius 2 is 2.17 bits per heavy atom. The smallest absolute Gasteiger partial charge is 0.422 e. The summed E-state index contributed by atoms with van der Waals surface area (Å²) in [5.74, 6) is 0.139. The van der Waals surface area contributed by atoms with Gasteiger partial charge in [0.25, 0.3) is 0 Å². The molecule has 136 valence electrons. The molecule has 0 aliphatic carbocycles. The molecule has 2 N–H and O–H groups in total. The monoisotopic (exact) mass is 386 g/mol. The van der Waals surface area contributed by atoms with Crippen LogP contribution in [0, 0.1) is 5.92 Å². The van der Waals surface area contributed by atoms with Crippen LogP contribution in [0.25, 0.3) is 0 Å². The predicted octanol–water partition coefficient (Wildman–Crippen LogP) is 4.03. The standard InChI is InChI=1S/C15H18ClF3N2O2.ClH/c16-11-2-3-13(23-9-15(17,18)19)12(7-11)21-14(22)4-1-10-5-6-20-8-10;/h2-3,7,10,20H,1,4-6,8-9H2,(H,21,22);1H. The van der Waals surface area contributed by atoms with Crippen molar-refractivity contribution in [2.24, 2.45) is 5.92 Å². The number of anilines is 1. The minimum absolute atomic E-state index is 0. The van der Waals surface area contributed by atoms with E-state index in [1.54, 1.807) is 0 Å². The highest BCUT2D eigenvalue weighted by atomic mass is 35.5. The van der Waals surface area contributed by atoms with Gasteiger partial charge in [0.2, 0.25) is 5.91 Å². The lowest BCUT2D eigenvalue weighted by Gasteiger charge is -2.15. The Hall–Kier alpha value is -1.18. The van der Waals surface area contributed by atoms with Crippen molar-refractivity contribution < 1.29 is 22.7 Å². The number of benzene rings is 1. The molecular formula is C15H19Cl2F3N2O2. The predicted molar refractivity (Wildman–Crippen MR) is 89.1 cm³/mol. The summed E-state index contributed by atoms with van der Waals surface area (Å²) in [6, 6.07) is 4.10. The van der Waals surface area contributed by atoms with E-state index in [0.717, 1.165) is 25.9 Å².